The summed E-state index contributed by atoms with van der Waals surface area (Å²) >= 11 is 0. The molecular weight excluding hydrogens is 375 g/mol. The molecule has 1 amide bonds. The highest BCUT2D eigenvalue weighted by Gasteiger charge is 2.13. The molecule has 0 aliphatic rings. The molecule has 4 heteroatoms. The highest BCUT2D eigenvalue weighted by molar-refractivity contribution is 5.91. The van der Waals surface area contributed by atoms with E-state index in [0.717, 1.165) is 42.6 Å². The fraction of sp³-hybridized carbons (Fsp3) is 0.269. The Bertz CT molecular complexity index is 962. The van der Waals surface area contributed by atoms with E-state index in [-0.39, 0.29) is 11.7 Å². The van der Waals surface area contributed by atoms with Gasteiger partial charge in [-0.05, 0) is 47.9 Å². The number of halogens is 1. The molecule has 1 aromatic heterocycles. The summed E-state index contributed by atoms with van der Waals surface area (Å²) in [5, 5.41) is 0. The zero-order valence-corrected chi connectivity index (χ0v) is 17.5. The van der Waals surface area contributed by atoms with E-state index in [1.165, 1.54) is 6.07 Å². The van der Waals surface area contributed by atoms with Crippen molar-refractivity contribution < 1.29 is 9.18 Å². The third kappa shape index (κ3) is 6.45. The van der Waals surface area contributed by atoms with Crippen LogP contribution in [0.3, 0.4) is 0 Å². The van der Waals surface area contributed by atoms with Gasteiger partial charge in [0, 0.05) is 31.1 Å². The van der Waals surface area contributed by atoms with E-state index < -0.39 is 0 Å². The molecule has 0 N–H and O–H groups in total. The molecule has 0 spiro atoms. The van der Waals surface area contributed by atoms with Gasteiger partial charge in [0.05, 0.1) is 6.54 Å². The van der Waals surface area contributed by atoms with Crippen molar-refractivity contribution in [2.24, 2.45) is 0 Å². The molecule has 30 heavy (non-hydrogen) atoms. The monoisotopic (exact) mass is 404 g/mol. The van der Waals surface area contributed by atoms with Gasteiger partial charge in [0.2, 0.25) is 5.91 Å². The molecule has 0 saturated carbocycles. The Morgan fingerprint density at radius 1 is 1.03 bits per heavy atom. The zero-order chi connectivity index (χ0) is 21.2. The predicted molar refractivity (Wildman–Crippen MR) is 120 cm³/mol. The normalized spacial score (nSPS) is 11.1. The first-order chi connectivity index (χ1) is 14.7. The minimum absolute atomic E-state index is 0.00783. The number of aromatic nitrogens is 1. The van der Waals surface area contributed by atoms with Crippen LogP contribution in [0.25, 0.3) is 6.08 Å². The largest absolute Gasteiger partial charge is 0.345 e. The van der Waals surface area contributed by atoms with E-state index >= 15 is 0 Å². The summed E-state index contributed by atoms with van der Waals surface area (Å²) < 4.78 is 15.6. The third-order valence-electron chi connectivity index (χ3n) is 5.08. The fourth-order valence-corrected chi connectivity index (χ4v) is 3.43. The van der Waals surface area contributed by atoms with E-state index in [1.807, 2.05) is 65.7 Å². The van der Waals surface area contributed by atoms with E-state index in [4.69, 9.17) is 0 Å². The molecule has 1 heterocycles. The predicted octanol–water partition coefficient (Wildman–Crippen LogP) is 5.91. The standard InChI is InChI=1S/C26H29FN2O/c1-2-3-7-17-29(26(30)16-15-22-10-5-4-6-11-22)21-25-14-9-18-28(25)20-23-12-8-13-24(27)19-23/h4-6,8-16,18-19H,2-3,7,17,20-21H2,1H3/b16-15+. The van der Waals surface area contributed by atoms with Crippen LogP contribution in [0.2, 0.25) is 0 Å². The number of nitrogens with zero attached hydrogens (tertiary/aromatic N) is 2. The summed E-state index contributed by atoms with van der Waals surface area (Å²) in [4.78, 5) is 14.8. The van der Waals surface area contributed by atoms with Crippen LogP contribution in [0.15, 0.2) is 79.0 Å². The molecule has 3 nitrogen and oxygen atoms in total. The van der Waals surface area contributed by atoms with Crippen molar-refractivity contribution in [3.63, 3.8) is 0 Å². The van der Waals surface area contributed by atoms with Crippen molar-refractivity contribution in [2.75, 3.05) is 6.54 Å². The molecule has 0 bridgehead atoms. The summed E-state index contributed by atoms with van der Waals surface area (Å²) in [6, 6.07) is 20.5. The van der Waals surface area contributed by atoms with Gasteiger partial charge in [-0.3, -0.25) is 4.79 Å². The van der Waals surface area contributed by atoms with Crippen LogP contribution < -0.4 is 0 Å². The molecule has 3 aromatic rings. The first kappa shape index (κ1) is 21.6. The summed E-state index contributed by atoms with van der Waals surface area (Å²) in [6.07, 6.45) is 8.68. The number of benzene rings is 2. The van der Waals surface area contributed by atoms with Gasteiger partial charge in [-0.2, -0.15) is 0 Å². The second kappa shape index (κ2) is 11.1. The summed E-state index contributed by atoms with van der Waals surface area (Å²) in [5.74, 6) is -0.225. The van der Waals surface area contributed by atoms with Crippen LogP contribution in [0.5, 0.6) is 0 Å². The average Bonchev–Trinajstić information content (AvgIpc) is 3.18. The Labute approximate surface area is 178 Å². The highest BCUT2D eigenvalue weighted by atomic mass is 19.1. The third-order valence-corrected chi connectivity index (χ3v) is 5.08. The van der Waals surface area contributed by atoms with E-state index in [9.17, 15) is 9.18 Å². The Kier molecular flexibility index (Phi) is 8.02. The van der Waals surface area contributed by atoms with Crippen LogP contribution in [-0.2, 0) is 17.9 Å². The average molecular weight is 405 g/mol. The lowest BCUT2D eigenvalue weighted by atomic mass is 10.2. The number of hydrogen-bond donors (Lipinski definition) is 0. The Morgan fingerprint density at radius 3 is 2.63 bits per heavy atom. The topological polar surface area (TPSA) is 25.2 Å². The Balaban J connectivity index is 1.72. The minimum Gasteiger partial charge on any atom is -0.345 e. The van der Waals surface area contributed by atoms with E-state index in [2.05, 4.69) is 11.5 Å². The summed E-state index contributed by atoms with van der Waals surface area (Å²) in [6.45, 7) is 3.99. The number of hydrogen-bond acceptors (Lipinski definition) is 1. The molecule has 3 rings (SSSR count). The van der Waals surface area contributed by atoms with Crippen molar-refractivity contribution in [1.29, 1.82) is 0 Å². The summed E-state index contributed by atoms with van der Waals surface area (Å²) in [7, 11) is 0. The molecule has 0 fully saturated rings. The van der Waals surface area contributed by atoms with Crippen molar-refractivity contribution in [1.82, 2.24) is 9.47 Å². The second-order valence-electron chi connectivity index (χ2n) is 7.47. The van der Waals surface area contributed by atoms with Gasteiger partial charge < -0.3 is 9.47 Å². The fourth-order valence-electron chi connectivity index (χ4n) is 3.43. The van der Waals surface area contributed by atoms with Crippen molar-refractivity contribution in [3.8, 4) is 0 Å². The number of carbonyl (C=O) groups is 1. The van der Waals surface area contributed by atoms with Crippen LogP contribution in [0, 0.1) is 5.82 Å². The van der Waals surface area contributed by atoms with Gasteiger partial charge in [0.25, 0.3) is 0 Å². The van der Waals surface area contributed by atoms with Gasteiger partial charge >= 0.3 is 0 Å². The van der Waals surface area contributed by atoms with Crippen LogP contribution >= 0.6 is 0 Å². The first-order valence-electron chi connectivity index (χ1n) is 10.6. The quantitative estimate of drug-likeness (QED) is 0.305. The van der Waals surface area contributed by atoms with Crippen LogP contribution in [0.4, 0.5) is 4.39 Å². The molecule has 2 aromatic carbocycles. The van der Waals surface area contributed by atoms with Gasteiger partial charge in [0.1, 0.15) is 5.82 Å². The number of amides is 1. The van der Waals surface area contributed by atoms with Crippen LogP contribution in [0.1, 0.15) is 43.0 Å². The maximum Gasteiger partial charge on any atom is 0.246 e. The molecular formula is C26H29FN2O. The molecule has 0 unspecified atom stereocenters. The van der Waals surface area contributed by atoms with Crippen molar-refractivity contribution >= 4 is 12.0 Å². The maximum atomic E-state index is 13.5. The Hall–Kier alpha value is -3.14. The lowest BCUT2D eigenvalue weighted by Crippen LogP contribution is -2.31. The first-order valence-corrected chi connectivity index (χ1v) is 10.6. The van der Waals surface area contributed by atoms with E-state index in [1.54, 1.807) is 18.2 Å². The SMILES string of the molecule is CCCCCN(Cc1cccn1Cc1cccc(F)c1)C(=O)/C=C/c1ccccc1. The van der Waals surface area contributed by atoms with Crippen molar-refractivity contribution in [3.05, 3.63) is 102 Å². The summed E-state index contributed by atoms with van der Waals surface area (Å²) in [5.41, 5.74) is 2.95. The number of unbranched alkanes of at least 4 members (excludes halogenated alkanes) is 2. The Morgan fingerprint density at radius 2 is 1.87 bits per heavy atom. The maximum absolute atomic E-state index is 13.5. The number of rotatable bonds is 10. The smallest absolute Gasteiger partial charge is 0.246 e. The minimum atomic E-state index is -0.233. The highest BCUT2D eigenvalue weighted by Crippen LogP contribution is 2.13. The van der Waals surface area contributed by atoms with Gasteiger partial charge in [-0.1, -0.05) is 62.2 Å². The molecule has 0 saturated heterocycles. The second-order valence-corrected chi connectivity index (χ2v) is 7.47. The number of carbonyl (C=O) groups excluding carboxylic acids is 1. The molecule has 0 radical (unpaired) electrons. The molecule has 0 aliphatic carbocycles. The van der Waals surface area contributed by atoms with Crippen LogP contribution in [-0.4, -0.2) is 21.9 Å². The van der Waals surface area contributed by atoms with Gasteiger partial charge in [-0.25, -0.2) is 4.39 Å². The molecule has 0 aliphatic heterocycles. The van der Waals surface area contributed by atoms with Gasteiger partial charge in [0.15, 0.2) is 0 Å². The van der Waals surface area contributed by atoms with Gasteiger partial charge in [-0.15, -0.1) is 0 Å². The molecule has 156 valence electrons. The zero-order valence-electron chi connectivity index (χ0n) is 17.5. The lowest BCUT2D eigenvalue weighted by Gasteiger charge is -2.22. The lowest BCUT2D eigenvalue weighted by molar-refractivity contribution is -0.126. The van der Waals surface area contributed by atoms with E-state index in [0.29, 0.717) is 13.1 Å². The molecule has 0 atom stereocenters. The van der Waals surface area contributed by atoms with Crippen molar-refractivity contribution in [2.45, 2.75) is 39.3 Å².